The molecule has 0 amide bonds. The third kappa shape index (κ3) is 5.01. The number of benzene rings is 1. The van der Waals surface area contributed by atoms with E-state index in [9.17, 15) is 4.79 Å². The summed E-state index contributed by atoms with van der Waals surface area (Å²) in [5.41, 5.74) is 7.64. The Hall–Kier alpha value is -1.15. The molecule has 0 spiro atoms. The zero-order valence-electron chi connectivity index (χ0n) is 11.6. The van der Waals surface area contributed by atoms with Crippen molar-refractivity contribution >= 4 is 5.78 Å². The molecule has 0 saturated carbocycles. The van der Waals surface area contributed by atoms with Gasteiger partial charge in [-0.05, 0) is 32.2 Å². The monoisotopic (exact) mass is 247 g/mol. The largest absolute Gasteiger partial charge is 0.330 e. The summed E-state index contributed by atoms with van der Waals surface area (Å²) in [6.45, 7) is 4.95. The van der Waals surface area contributed by atoms with E-state index in [1.54, 1.807) is 0 Å². The van der Waals surface area contributed by atoms with E-state index in [2.05, 4.69) is 6.92 Å². The van der Waals surface area contributed by atoms with Crippen LogP contribution in [0.2, 0.25) is 0 Å². The summed E-state index contributed by atoms with van der Waals surface area (Å²) < 4.78 is 0. The molecule has 2 N–H and O–H groups in total. The van der Waals surface area contributed by atoms with Gasteiger partial charge in [0.1, 0.15) is 0 Å². The van der Waals surface area contributed by atoms with Crippen LogP contribution in [0.1, 0.15) is 54.9 Å². The second-order valence-corrected chi connectivity index (χ2v) is 5.06. The minimum absolute atomic E-state index is 0.258. The van der Waals surface area contributed by atoms with E-state index in [1.807, 2.05) is 31.2 Å². The van der Waals surface area contributed by atoms with Gasteiger partial charge >= 0.3 is 0 Å². The van der Waals surface area contributed by atoms with E-state index in [0.717, 1.165) is 24.9 Å². The van der Waals surface area contributed by atoms with Gasteiger partial charge in [-0.25, -0.2) is 0 Å². The van der Waals surface area contributed by atoms with Crippen molar-refractivity contribution in [3.05, 3.63) is 35.4 Å². The van der Waals surface area contributed by atoms with E-state index in [0.29, 0.717) is 12.3 Å². The SMILES string of the molecule is CCCC(CCN)CCC(=O)c1ccc(C)cc1. The molecule has 2 nitrogen and oxygen atoms in total. The highest BCUT2D eigenvalue weighted by Gasteiger charge is 2.11. The Labute approximate surface area is 111 Å². The number of ketones is 1. The molecule has 0 radical (unpaired) electrons. The molecule has 18 heavy (non-hydrogen) atoms. The van der Waals surface area contributed by atoms with Crippen LogP contribution in [-0.2, 0) is 0 Å². The first-order chi connectivity index (χ1) is 8.67. The van der Waals surface area contributed by atoms with Crippen molar-refractivity contribution in [2.75, 3.05) is 6.54 Å². The second kappa shape index (κ2) is 8.04. The number of hydrogen-bond donors (Lipinski definition) is 1. The first-order valence-electron chi connectivity index (χ1n) is 6.97. The third-order valence-corrected chi connectivity index (χ3v) is 3.43. The molecule has 2 heteroatoms. The number of nitrogens with two attached hydrogens (primary N) is 1. The lowest BCUT2D eigenvalue weighted by Crippen LogP contribution is -2.11. The molecule has 0 heterocycles. The van der Waals surface area contributed by atoms with Crippen molar-refractivity contribution in [1.29, 1.82) is 0 Å². The van der Waals surface area contributed by atoms with Gasteiger partial charge in [-0.15, -0.1) is 0 Å². The molecule has 0 saturated heterocycles. The summed E-state index contributed by atoms with van der Waals surface area (Å²) in [5.74, 6) is 0.863. The van der Waals surface area contributed by atoms with E-state index in [4.69, 9.17) is 5.73 Å². The molecule has 1 rings (SSSR count). The van der Waals surface area contributed by atoms with Crippen LogP contribution in [0, 0.1) is 12.8 Å². The molecule has 0 aliphatic heterocycles. The van der Waals surface area contributed by atoms with Crippen molar-refractivity contribution in [1.82, 2.24) is 0 Å². The molecule has 100 valence electrons. The number of carbonyl (C=O) groups excluding carboxylic acids is 1. The fourth-order valence-electron chi connectivity index (χ4n) is 2.30. The van der Waals surface area contributed by atoms with Crippen LogP contribution >= 0.6 is 0 Å². The summed E-state index contributed by atoms with van der Waals surface area (Å²) >= 11 is 0. The van der Waals surface area contributed by atoms with E-state index >= 15 is 0 Å². The summed E-state index contributed by atoms with van der Waals surface area (Å²) in [4.78, 5) is 12.0. The van der Waals surface area contributed by atoms with E-state index in [-0.39, 0.29) is 5.78 Å². The first-order valence-corrected chi connectivity index (χ1v) is 6.97. The Morgan fingerprint density at radius 1 is 1.17 bits per heavy atom. The van der Waals surface area contributed by atoms with E-state index in [1.165, 1.54) is 18.4 Å². The summed E-state index contributed by atoms with van der Waals surface area (Å²) in [7, 11) is 0. The van der Waals surface area contributed by atoms with Gasteiger partial charge in [-0.2, -0.15) is 0 Å². The molecule has 0 aromatic heterocycles. The maximum atomic E-state index is 12.0. The molecule has 0 aliphatic rings. The third-order valence-electron chi connectivity index (χ3n) is 3.43. The minimum Gasteiger partial charge on any atom is -0.330 e. The van der Waals surface area contributed by atoms with Crippen LogP contribution in [0.5, 0.6) is 0 Å². The average Bonchev–Trinajstić information content (AvgIpc) is 2.37. The van der Waals surface area contributed by atoms with Gasteiger partial charge in [0.2, 0.25) is 0 Å². The lowest BCUT2D eigenvalue weighted by Gasteiger charge is -2.14. The van der Waals surface area contributed by atoms with Crippen molar-refractivity contribution < 1.29 is 4.79 Å². The maximum Gasteiger partial charge on any atom is 0.162 e. The Kier molecular flexibility index (Phi) is 6.66. The Morgan fingerprint density at radius 2 is 1.83 bits per heavy atom. The predicted octanol–water partition coefficient (Wildman–Crippen LogP) is 3.72. The Bertz CT molecular complexity index is 350. The quantitative estimate of drug-likeness (QED) is 0.711. The van der Waals surface area contributed by atoms with Crippen LogP contribution < -0.4 is 5.73 Å². The van der Waals surface area contributed by atoms with E-state index < -0.39 is 0 Å². The fraction of sp³-hybridized carbons (Fsp3) is 0.562. The van der Waals surface area contributed by atoms with Gasteiger partial charge in [0.25, 0.3) is 0 Å². The van der Waals surface area contributed by atoms with Crippen molar-refractivity contribution in [2.24, 2.45) is 11.7 Å². The van der Waals surface area contributed by atoms with Crippen molar-refractivity contribution in [2.45, 2.75) is 46.0 Å². The summed E-state index contributed by atoms with van der Waals surface area (Å²) in [6, 6.07) is 7.85. The van der Waals surface area contributed by atoms with Crippen molar-refractivity contribution in [3.63, 3.8) is 0 Å². The molecule has 0 aliphatic carbocycles. The highest BCUT2D eigenvalue weighted by molar-refractivity contribution is 5.96. The molecular weight excluding hydrogens is 222 g/mol. The van der Waals surface area contributed by atoms with Crippen LogP contribution in [0.4, 0.5) is 0 Å². The topological polar surface area (TPSA) is 43.1 Å². The smallest absolute Gasteiger partial charge is 0.162 e. The minimum atomic E-state index is 0.258. The van der Waals surface area contributed by atoms with Crippen LogP contribution in [0.15, 0.2) is 24.3 Å². The molecule has 0 bridgehead atoms. The number of rotatable bonds is 8. The molecule has 1 aromatic rings. The molecule has 1 aromatic carbocycles. The van der Waals surface area contributed by atoms with Crippen LogP contribution in [-0.4, -0.2) is 12.3 Å². The summed E-state index contributed by atoms with van der Waals surface area (Å²) in [6.07, 6.45) is 5.00. The fourth-order valence-corrected chi connectivity index (χ4v) is 2.30. The van der Waals surface area contributed by atoms with Crippen LogP contribution in [0.25, 0.3) is 0 Å². The average molecular weight is 247 g/mol. The maximum absolute atomic E-state index is 12.0. The number of aryl methyl sites for hydroxylation is 1. The number of Topliss-reactive ketones (excluding diaryl/α,β-unsaturated/α-hetero) is 1. The Balaban J connectivity index is 2.46. The summed E-state index contributed by atoms with van der Waals surface area (Å²) in [5, 5.41) is 0. The predicted molar refractivity (Wildman–Crippen MR) is 76.8 cm³/mol. The highest BCUT2D eigenvalue weighted by atomic mass is 16.1. The number of hydrogen-bond acceptors (Lipinski definition) is 2. The van der Waals surface area contributed by atoms with Crippen molar-refractivity contribution in [3.8, 4) is 0 Å². The van der Waals surface area contributed by atoms with Gasteiger partial charge in [-0.1, -0.05) is 49.6 Å². The lowest BCUT2D eigenvalue weighted by atomic mass is 9.92. The number of carbonyl (C=O) groups is 1. The first kappa shape index (κ1) is 14.9. The zero-order chi connectivity index (χ0) is 13.4. The van der Waals surface area contributed by atoms with Gasteiger partial charge in [0.15, 0.2) is 5.78 Å². The normalized spacial score (nSPS) is 12.4. The zero-order valence-corrected chi connectivity index (χ0v) is 11.6. The molecule has 1 unspecified atom stereocenters. The lowest BCUT2D eigenvalue weighted by molar-refractivity contribution is 0.0972. The molecule has 1 atom stereocenters. The Morgan fingerprint density at radius 3 is 2.39 bits per heavy atom. The molecular formula is C16H25NO. The van der Waals surface area contributed by atoms with Gasteiger partial charge in [0.05, 0.1) is 0 Å². The van der Waals surface area contributed by atoms with Gasteiger partial charge in [-0.3, -0.25) is 4.79 Å². The van der Waals surface area contributed by atoms with Crippen LogP contribution in [0.3, 0.4) is 0 Å². The standard InChI is InChI=1S/C16H25NO/c1-3-4-14(11-12-17)7-10-16(18)15-8-5-13(2)6-9-15/h5-6,8-9,14H,3-4,7,10-12,17H2,1-2H3. The highest BCUT2D eigenvalue weighted by Crippen LogP contribution is 2.18. The molecule has 0 fully saturated rings. The van der Waals surface area contributed by atoms with Gasteiger partial charge < -0.3 is 5.73 Å². The second-order valence-electron chi connectivity index (χ2n) is 5.06. The van der Waals surface area contributed by atoms with Gasteiger partial charge in [0, 0.05) is 12.0 Å².